The van der Waals surface area contributed by atoms with Crippen LogP contribution in [0.5, 0.6) is 23.0 Å². The molecule has 8 bridgehead atoms. The first-order valence-electron chi connectivity index (χ1n) is 51.8. The standard InChI is InChI=1S/C120H160N8O20/c1-69(2)97(109(133)125-101(73(9)10)113(137)145-61-77-41-33-29-34-42-77)121-93(129)65-141-105-81-49-83-55-90(118(20,21)22)57-85(106(83)142-66-94(130)122-98(70(3)4)110(134)126-102(74(11)12)114(138)146-62-78-43-35-30-36-44-78)51-87-59-92(120(26,27)28)60-88(108(87)144-68-96(132)124-100(72(7)8)112(136)128-104(76(15)16)116(140)148-64-80-47-39-32-40-48-80)52-86-58-91(119(23,24)25)56-84(50-82(105)54-89(53-81)117(17,18)19)107(86)143-67-95(131)123-99(71(5)6)111(135)127-103(75(13)14)115(139)147-63-79-45-37-31-38-46-79/h29-48,53-60,69-76,97-104H,49-52,61-68H2,1-28H3,(H,121,129)(H,122,130)(H,123,131)(H,124,132)(H,125,133)(H,126,134)(H,127,135)(H,128,136). The quantitative estimate of drug-likeness (QED) is 0.0130. The van der Waals surface area contributed by atoms with Crippen LogP contribution in [-0.4, -0.2) is 146 Å². The Labute approximate surface area is 875 Å². The van der Waals surface area contributed by atoms with E-state index >= 15 is 19.2 Å². The SMILES string of the molecule is CC(C)C(NC(=O)COc1c2cc(C(C)(C)C)cc1Cc1cc(C(C)(C)C)cc(c1OCC(=O)NC(C(=O)NC(C(=O)OCc1ccccc1)C(C)C)C(C)C)Cc1cc(C(C)(C)C)cc(c1OCC(=O)NC(C(=O)NC(C(=O)OCc1ccccc1)C(C)C)C(C)C)Cc1cc(C(C)(C)C)cc(c1OCC(=O)NC(C(=O)NC(C(=O)OCc1ccccc1)C(C)C)C(C)C)C2)C(=O)NC(C(=O)OCc1ccccc1)C(C)C. The molecule has 8 unspecified atom stereocenters. The van der Waals surface area contributed by atoms with Crippen molar-refractivity contribution in [3.63, 3.8) is 0 Å². The molecule has 8 N–H and O–H groups in total. The Kier molecular flexibility index (Phi) is 42.3. The van der Waals surface area contributed by atoms with E-state index in [9.17, 15) is 38.4 Å². The van der Waals surface area contributed by atoms with Gasteiger partial charge in [-0.15, -0.1) is 0 Å². The van der Waals surface area contributed by atoms with Crippen molar-refractivity contribution >= 4 is 71.1 Å². The van der Waals surface area contributed by atoms with Crippen LogP contribution >= 0.6 is 0 Å². The number of benzene rings is 8. The van der Waals surface area contributed by atoms with Crippen molar-refractivity contribution in [2.45, 2.75) is 316 Å². The first kappa shape index (κ1) is 118. The summed E-state index contributed by atoms with van der Waals surface area (Å²) in [7, 11) is 0. The average molecular weight is 2030 g/mol. The second-order valence-corrected chi connectivity index (χ2v) is 45.8. The van der Waals surface area contributed by atoms with Gasteiger partial charge < -0.3 is 80.4 Å². The molecule has 0 spiro atoms. The van der Waals surface area contributed by atoms with Crippen molar-refractivity contribution in [1.82, 2.24) is 42.5 Å². The van der Waals surface area contributed by atoms with E-state index in [2.05, 4.69) is 126 Å². The van der Waals surface area contributed by atoms with E-state index in [-0.39, 0.29) is 75.1 Å². The van der Waals surface area contributed by atoms with E-state index in [4.69, 9.17) is 37.9 Å². The van der Waals surface area contributed by atoms with E-state index in [1.807, 2.05) is 170 Å². The number of carbonyl (C=O) groups excluding carboxylic acids is 12. The molecule has 8 atom stereocenters. The first-order chi connectivity index (χ1) is 69.4. The Balaban J connectivity index is 1.27. The van der Waals surface area contributed by atoms with Crippen LogP contribution in [0, 0.1) is 47.3 Å². The van der Waals surface area contributed by atoms with Gasteiger partial charge in [0, 0.05) is 25.7 Å². The van der Waals surface area contributed by atoms with Gasteiger partial charge >= 0.3 is 23.9 Å². The van der Waals surface area contributed by atoms with Gasteiger partial charge in [0.1, 0.15) is 97.8 Å². The smallest absolute Gasteiger partial charge is 0.329 e. The van der Waals surface area contributed by atoms with Crippen LogP contribution in [-0.2, 0) is 150 Å². The van der Waals surface area contributed by atoms with Crippen LogP contribution in [0.1, 0.15) is 283 Å². The molecular formula is C120H160N8O20. The maximum atomic E-state index is 15.4. The summed E-state index contributed by atoms with van der Waals surface area (Å²) in [5.74, 6) is -11.2. The fraction of sp³-hybridized carbons (Fsp3) is 0.500. The number of fused-ring (bicyclic) bond motifs is 8. The molecular weight excluding hydrogens is 1870 g/mol. The van der Waals surface area contributed by atoms with Crippen molar-refractivity contribution in [3.05, 3.63) is 259 Å². The molecule has 28 nitrogen and oxygen atoms in total. The summed E-state index contributed by atoms with van der Waals surface area (Å²) in [6, 6.07) is 43.3. The predicted molar refractivity (Wildman–Crippen MR) is 573 cm³/mol. The number of ether oxygens (including phenoxy) is 8. The highest BCUT2D eigenvalue weighted by Gasteiger charge is 2.40. The van der Waals surface area contributed by atoms with Gasteiger partial charge in [0.25, 0.3) is 23.6 Å². The zero-order chi connectivity index (χ0) is 109. The molecule has 148 heavy (non-hydrogen) atoms. The van der Waals surface area contributed by atoms with Gasteiger partial charge in [-0.05, 0) is 158 Å². The number of hydrogen-bond donors (Lipinski definition) is 8. The Morgan fingerprint density at radius 2 is 0.372 bits per heavy atom. The molecule has 1 aliphatic rings. The topological polar surface area (TPSA) is 375 Å². The molecule has 0 saturated carbocycles. The predicted octanol–water partition coefficient (Wildman–Crippen LogP) is 17.2. The molecule has 0 aromatic heterocycles. The number of carbonyl (C=O) groups is 12. The van der Waals surface area contributed by atoms with Gasteiger partial charge in [-0.2, -0.15) is 0 Å². The lowest BCUT2D eigenvalue weighted by Crippen LogP contribution is -2.55. The second kappa shape index (κ2) is 53.0. The van der Waals surface area contributed by atoms with E-state index in [0.717, 1.165) is 44.5 Å². The lowest BCUT2D eigenvalue weighted by atomic mass is 9.79. The summed E-state index contributed by atoms with van der Waals surface area (Å²) < 4.78 is 51.9. The molecule has 1 aliphatic carbocycles. The number of hydrogen-bond acceptors (Lipinski definition) is 20. The maximum Gasteiger partial charge on any atom is 0.329 e. The summed E-state index contributed by atoms with van der Waals surface area (Å²) >= 11 is 0. The monoisotopic (exact) mass is 2030 g/mol. The van der Waals surface area contributed by atoms with Crippen LogP contribution in [0.2, 0.25) is 0 Å². The van der Waals surface area contributed by atoms with Gasteiger partial charge in [0.15, 0.2) is 26.4 Å². The van der Waals surface area contributed by atoms with Crippen LogP contribution in [0.4, 0.5) is 0 Å². The highest BCUT2D eigenvalue weighted by molar-refractivity contribution is 5.95. The van der Waals surface area contributed by atoms with Crippen LogP contribution in [0.15, 0.2) is 170 Å². The summed E-state index contributed by atoms with van der Waals surface area (Å²) in [6.07, 6.45) is -0.254. The van der Waals surface area contributed by atoms with E-state index in [1.165, 1.54) is 0 Å². The van der Waals surface area contributed by atoms with Crippen molar-refractivity contribution in [1.29, 1.82) is 0 Å². The highest BCUT2D eigenvalue weighted by atomic mass is 16.6. The Hall–Kier alpha value is -13.4. The Bertz CT molecular complexity index is 5100. The molecule has 28 heteroatoms. The maximum absolute atomic E-state index is 15.4. The fourth-order valence-corrected chi connectivity index (χ4v) is 17.2. The Morgan fingerprint density at radius 1 is 0.223 bits per heavy atom. The molecule has 8 aromatic carbocycles. The summed E-state index contributed by atoms with van der Waals surface area (Å²) in [5.41, 5.74) is 7.67. The molecule has 0 heterocycles. The fourth-order valence-electron chi connectivity index (χ4n) is 17.2. The number of amides is 8. The van der Waals surface area contributed by atoms with Gasteiger partial charge in [0.2, 0.25) is 23.6 Å². The molecule has 0 aliphatic heterocycles. The third-order valence-corrected chi connectivity index (χ3v) is 26.2. The minimum absolute atomic E-state index is 0.0425. The first-order valence-corrected chi connectivity index (χ1v) is 51.8. The van der Waals surface area contributed by atoms with Gasteiger partial charge in [-0.1, -0.05) is 364 Å². The molecule has 0 saturated heterocycles. The molecule has 800 valence electrons. The van der Waals surface area contributed by atoms with E-state index < -0.39 is 215 Å². The molecule has 0 radical (unpaired) electrons. The van der Waals surface area contributed by atoms with Gasteiger partial charge in [-0.25, -0.2) is 19.2 Å². The number of esters is 4. The van der Waals surface area contributed by atoms with Crippen LogP contribution in [0.25, 0.3) is 0 Å². The number of rotatable bonds is 44. The van der Waals surface area contributed by atoms with Crippen molar-refractivity contribution in [2.75, 3.05) is 26.4 Å². The van der Waals surface area contributed by atoms with Crippen molar-refractivity contribution in [3.8, 4) is 23.0 Å². The lowest BCUT2D eigenvalue weighted by Gasteiger charge is -2.30. The highest BCUT2D eigenvalue weighted by Crippen LogP contribution is 2.45. The minimum Gasteiger partial charge on any atom is -0.483 e. The summed E-state index contributed by atoms with van der Waals surface area (Å²) in [4.78, 5) is 177. The normalized spacial score (nSPS) is 14.0. The van der Waals surface area contributed by atoms with Crippen LogP contribution in [0.3, 0.4) is 0 Å². The second-order valence-electron chi connectivity index (χ2n) is 45.8. The lowest BCUT2D eigenvalue weighted by molar-refractivity contribution is -0.151. The zero-order valence-electron chi connectivity index (χ0n) is 92.1. The van der Waals surface area contributed by atoms with E-state index in [1.54, 1.807) is 111 Å². The molecule has 8 aromatic rings. The minimum atomic E-state index is -1.22. The largest absolute Gasteiger partial charge is 0.483 e. The molecule has 9 rings (SSSR count). The van der Waals surface area contributed by atoms with Crippen molar-refractivity contribution in [2.24, 2.45) is 47.3 Å². The zero-order valence-corrected chi connectivity index (χ0v) is 92.1. The number of nitrogens with one attached hydrogen (secondary N) is 8. The third-order valence-electron chi connectivity index (χ3n) is 26.2. The summed E-state index contributed by atoms with van der Waals surface area (Å²) in [6.45, 7) is 50.2. The summed E-state index contributed by atoms with van der Waals surface area (Å²) in [5, 5.41) is 23.4. The molecule has 8 amide bonds. The Morgan fingerprint density at radius 3 is 0.507 bits per heavy atom. The van der Waals surface area contributed by atoms with Crippen LogP contribution < -0.4 is 61.5 Å². The average Bonchev–Trinajstić information content (AvgIpc) is 0.756. The van der Waals surface area contributed by atoms with E-state index in [0.29, 0.717) is 44.5 Å². The van der Waals surface area contributed by atoms with Gasteiger partial charge in [0.05, 0.1) is 0 Å². The molecule has 0 fully saturated rings. The van der Waals surface area contributed by atoms with Gasteiger partial charge in [-0.3, -0.25) is 38.4 Å². The third kappa shape index (κ3) is 34.3. The van der Waals surface area contributed by atoms with Crippen molar-refractivity contribution < 1.29 is 95.4 Å².